The molecule has 31 heavy (non-hydrogen) atoms. The molecule has 0 saturated carbocycles. The van der Waals surface area contributed by atoms with Crippen molar-refractivity contribution in [1.29, 1.82) is 0 Å². The third-order valence-corrected chi connectivity index (χ3v) is 6.77. The number of fused-ring (bicyclic) bond motifs is 3. The van der Waals surface area contributed by atoms with Gasteiger partial charge in [-0.3, -0.25) is 9.58 Å². The second-order valence-electron chi connectivity index (χ2n) is 9.57. The molecule has 3 aliphatic rings. The van der Waals surface area contributed by atoms with Gasteiger partial charge in [0.1, 0.15) is 0 Å². The van der Waals surface area contributed by atoms with Crippen LogP contribution in [0.1, 0.15) is 38.3 Å². The zero-order valence-corrected chi connectivity index (χ0v) is 19.4. The Morgan fingerprint density at radius 2 is 2.00 bits per heavy atom. The van der Waals surface area contributed by atoms with Gasteiger partial charge in [0.2, 0.25) is 0 Å². The SMILES string of the molecule is CC(C)NC(=O)NC[C@H]1C[C@@H]2CCN1C[C@@H]2c1cc(-c2ccc(N(C)C)cc2)nn1C. The molecule has 7 heteroatoms. The van der Waals surface area contributed by atoms with Crippen LogP contribution in [0.15, 0.2) is 30.3 Å². The molecule has 3 fully saturated rings. The van der Waals surface area contributed by atoms with E-state index in [1.54, 1.807) is 0 Å². The molecule has 0 aliphatic carbocycles. The van der Waals surface area contributed by atoms with Gasteiger partial charge in [0.05, 0.1) is 5.69 Å². The summed E-state index contributed by atoms with van der Waals surface area (Å²) in [6.07, 6.45) is 2.35. The predicted octanol–water partition coefficient (Wildman–Crippen LogP) is 3.04. The number of benzene rings is 1. The number of nitrogens with zero attached hydrogens (tertiary/aromatic N) is 4. The van der Waals surface area contributed by atoms with Gasteiger partial charge >= 0.3 is 6.03 Å². The van der Waals surface area contributed by atoms with Crippen LogP contribution in [0.5, 0.6) is 0 Å². The third kappa shape index (κ3) is 4.71. The number of aryl methyl sites for hydroxylation is 1. The van der Waals surface area contributed by atoms with Crippen molar-refractivity contribution in [2.45, 2.75) is 44.7 Å². The number of rotatable bonds is 6. The predicted molar refractivity (Wildman–Crippen MR) is 125 cm³/mol. The fraction of sp³-hybridized carbons (Fsp3) is 0.583. The maximum absolute atomic E-state index is 12.0. The molecule has 4 atom stereocenters. The molecule has 3 saturated heterocycles. The van der Waals surface area contributed by atoms with Crippen LogP contribution >= 0.6 is 0 Å². The van der Waals surface area contributed by atoms with Crippen LogP contribution in [0.4, 0.5) is 10.5 Å². The fourth-order valence-electron chi connectivity index (χ4n) is 5.11. The molecule has 1 unspecified atom stereocenters. The van der Waals surface area contributed by atoms with Gasteiger partial charge < -0.3 is 15.5 Å². The van der Waals surface area contributed by atoms with Gasteiger partial charge in [-0.05, 0) is 57.4 Å². The summed E-state index contributed by atoms with van der Waals surface area (Å²) in [5.41, 5.74) is 4.72. The molecule has 4 heterocycles. The normalized spacial score (nSPS) is 25.0. The number of hydrogen-bond acceptors (Lipinski definition) is 4. The number of nitrogens with one attached hydrogen (secondary N) is 2. The van der Waals surface area contributed by atoms with Crippen LogP contribution in [0.2, 0.25) is 0 Å². The van der Waals surface area contributed by atoms with Crippen LogP contribution in [0, 0.1) is 5.92 Å². The van der Waals surface area contributed by atoms with E-state index in [9.17, 15) is 4.79 Å². The molecule has 168 valence electrons. The fourth-order valence-corrected chi connectivity index (χ4v) is 5.11. The zero-order valence-electron chi connectivity index (χ0n) is 19.4. The highest BCUT2D eigenvalue weighted by Crippen LogP contribution is 2.42. The number of amides is 2. The van der Waals surface area contributed by atoms with E-state index in [1.165, 1.54) is 17.8 Å². The van der Waals surface area contributed by atoms with Crippen molar-refractivity contribution in [3.8, 4) is 11.3 Å². The summed E-state index contributed by atoms with van der Waals surface area (Å²) in [5.74, 6) is 1.14. The summed E-state index contributed by atoms with van der Waals surface area (Å²) in [6, 6.07) is 11.4. The zero-order chi connectivity index (χ0) is 22.1. The first-order valence-electron chi connectivity index (χ1n) is 11.4. The van der Waals surface area contributed by atoms with Gasteiger partial charge in [0.15, 0.2) is 0 Å². The van der Waals surface area contributed by atoms with Crippen LogP contribution in [0.3, 0.4) is 0 Å². The Bertz CT molecular complexity index is 903. The number of piperidine rings is 3. The third-order valence-electron chi connectivity index (χ3n) is 6.77. The molecule has 5 rings (SSSR count). The number of anilines is 1. The van der Waals surface area contributed by atoms with E-state index in [1.807, 2.05) is 13.8 Å². The Labute approximate surface area is 185 Å². The summed E-state index contributed by atoms with van der Waals surface area (Å²) in [5, 5.41) is 10.8. The van der Waals surface area contributed by atoms with Crippen LogP contribution in [0.25, 0.3) is 11.3 Å². The number of carbonyl (C=O) groups excluding carboxylic acids is 1. The lowest BCUT2D eigenvalue weighted by atomic mass is 9.74. The lowest BCUT2D eigenvalue weighted by Gasteiger charge is -2.49. The molecule has 0 spiro atoms. The summed E-state index contributed by atoms with van der Waals surface area (Å²) in [4.78, 5) is 16.6. The first-order chi connectivity index (χ1) is 14.8. The van der Waals surface area contributed by atoms with Gasteiger partial charge in [0, 0.05) is 69.2 Å². The number of carbonyl (C=O) groups is 1. The van der Waals surface area contributed by atoms with Crippen molar-refractivity contribution in [2.75, 3.05) is 38.6 Å². The van der Waals surface area contributed by atoms with Gasteiger partial charge in [0.25, 0.3) is 0 Å². The lowest BCUT2D eigenvalue weighted by Crippen LogP contribution is -2.57. The van der Waals surface area contributed by atoms with Crippen molar-refractivity contribution in [2.24, 2.45) is 13.0 Å². The van der Waals surface area contributed by atoms with Gasteiger partial charge in [-0.2, -0.15) is 5.10 Å². The minimum absolute atomic E-state index is 0.0641. The number of aromatic nitrogens is 2. The number of urea groups is 1. The summed E-state index contributed by atoms with van der Waals surface area (Å²) in [6.45, 7) is 6.85. The smallest absolute Gasteiger partial charge is 0.315 e. The first kappa shape index (κ1) is 21.7. The van der Waals surface area contributed by atoms with Crippen LogP contribution in [-0.2, 0) is 7.05 Å². The maximum Gasteiger partial charge on any atom is 0.315 e. The van der Waals surface area contributed by atoms with Crippen molar-refractivity contribution < 1.29 is 4.79 Å². The van der Waals surface area contributed by atoms with Crippen molar-refractivity contribution in [1.82, 2.24) is 25.3 Å². The standard InChI is InChI=1S/C24H36N6O/c1-16(2)26-24(31)25-14-20-12-18-10-11-30(20)15-21(18)23-13-22(27-29(23)5)17-6-8-19(9-7-17)28(3)4/h6-9,13,16,18,20-21H,10-12,14-15H2,1-5H3,(H2,25,26,31)/t18-,20+,21-/m0/s1. The average Bonchev–Trinajstić information content (AvgIpc) is 3.13. The Balaban J connectivity index is 1.43. The van der Waals surface area contributed by atoms with Crippen molar-refractivity contribution in [3.05, 3.63) is 36.0 Å². The van der Waals surface area contributed by atoms with Crippen LogP contribution in [-0.4, -0.2) is 66.5 Å². The van der Waals surface area contributed by atoms with E-state index < -0.39 is 0 Å². The second-order valence-corrected chi connectivity index (χ2v) is 9.57. The molecule has 1 aromatic heterocycles. The number of hydrogen-bond donors (Lipinski definition) is 2. The molecule has 2 aromatic rings. The van der Waals surface area contributed by atoms with E-state index in [0.29, 0.717) is 17.9 Å². The molecule has 3 aliphatic heterocycles. The molecule has 2 N–H and O–H groups in total. The van der Waals surface area contributed by atoms with Crippen LogP contribution < -0.4 is 15.5 Å². The van der Waals surface area contributed by atoms with Crippen molar-refractivity contribution in [3.63, 3.8) is 0 Å². The Hall–Kier alpha value is -2.54. The minimum atomic E-state index is -0.0641. The topological polar surface area (TPSA) is 65.4 Å². The quantitative estimate of drug-likeness (QED) is 0.748. The maximum atomic E-state index is 12.0. The summed E-state index contributed by atoms with van der Waals surface area (Å²) in [7, 11) is 6.18. The van der Waals surface area contributed by atoms with E-state index >= 15 is 0 Å². The molecular formula is C24H36N6O. The Morgan fingerprint density at radius 1 is 1.26 bits per heavy atom. The molecule has 7 nitrogen and oxygen atoms in total. The van der Waals surface area contributed by atoms with Gasteiger partial charge in [-0.15, -0.1) is 0 Å². The van der Waals surface area contributed by atoms with E-state index in [4.69, 9.17) is 5.10 Å². The summed E-state index contributed by atoms with van der Waals surface area (Å²) >= 11 is 0. The Kier molecular flexibility index (Phi) is 6.23. The van der Waals surface area contributed by atoms with Crippen molar-refractivity contribution >= 4 is 11.7 Å². The van der Waals surface area contributed by atoms with E-state index in [0.717, 1.165) is 37.3 Å². The summed E-state index contributed by atoms with van der Waals surface area (Å²) < 4.78 is 2.07. The van der Waals surface area contributed by atoms with Gasteiger partial charge in [-0.1, -0.05) is 12.1 Å². The second kappa shape index (κ2) is 8.91. The highest BCUT2D eigenvalue weighted by molar-refractivity contribution is 5.74. The monoisotopic (exact) mass is 424 g/mol. The Morgan fingerprint density at radius 3 is 2.61 bits per heavy atom. The largest absolute Gasteiger partial charge is 0.378 e. The average molecular weight is 425 g/mol. The highest BCUT2D eigenvalue weighted by Gasteiger charge is 2.41. The molecule has 0 radical (unpaired) electrons. The first-order valence-corrected chi connectivity index (χ1v) is 11.4. The molecule has 2 amide bonds. The van der Waals surface area contributed by atoms with Gasteiger partial charge in [-0.25, -0.2) is 4.79 Å². The molecule has 2 bridgehead atoms. The van der Waals surface area contributed by atoms with E-state index in [2.05, 4.69) is 76.6 Å². The highest BCUT2D eigenvalue weighted by atomic mass is 16.2. The molecular weight excluding hydrogens is 388 g/mol. The minimum Gasteiger partial charge on any atom is -0.378 e. The molecule has 1 aromatic carbocycles. The van der Waals surface area contributed by atoms with E-state index in [-0.39, 0.29) is 12.1 Å². The lowest BCUT2D eigenvalue weighted by molar-refractivity contribution is 0.0294.